The van der Waals surface area contributed by atoms with E-state index in [1.165, 1.54) is 5.56 Å². The van der Waals surface area contributed by atoms with Crippen molar-refractivity contribution in [1.82, 2.24) is 4.90 Å². The molecule has 2 heteroatoms. The molecule has 1 atom stereocenters. The van der Waals surface area contributed by atoms with Gasteiger partial charge in [0, 0.05) is 19.1 Å². The van der Waals surface area contributed by atoms with Crippen LogP contribution in [0, 0.1) is 0 Å². The molecule has 16 heavy (non-hydrogen) atoms. The summed E-state index contributed by atoms with van der Waals surface area (Å²) >= 11 is 0. The Morgan fingerprint density at radius 2 is 1.88 bits per heavy atom. The van der Waals surface area contributed by atoms with Crippen molar-refractivity contribution < 1.29 is 5.11 Å². The topological polar surface area (TPSA) is 23.5 Å². The maximum Gasteiger partial charge on any atom is 0.0564 e. The van der Waals surface area contributed by atoms with Crippen LogP contribution in [0.3, 0.4) is 0 Å². The Labute approximate surface area is 97.9 Å². The minimum Gasteiger partial charge on any atom is -0.393 e. The summed E-state index contributed by atoms with van der Waals surface area (Å²) in [5.74, 6) is 0. The lowest BCUT2D eigenvalue weighted by molar-refractivity contribution is 0.0648. The average Bonchev–Trinajstić information content (AvgIpc) is 2.31. The molecule has 1 fully saturated rings. The van der Waals surface area contributed by atoms with E-state index in [2.05, 4.69) is 42.2 Å². The Kier molecular flexibility index (Phi) is 3.97. The minimum atomic E-state index is -0.0693. The van der Waals surface area contributed by atoms with Crippen LogP contribution in [-0.4, -0.2) is 35.2 Å². The fourth-order valence-electron chi connectivity index (χ4n) is 2.41. The molecule has 1 aliphatic rings. The molecular formula is C14H21NO. The number of aliphatic hydroxyl groups excluding tert-OH is 1. The molecular weight excluding hydrogens is 198 g/mol. The largest absolute Gasteiger partial charge is 0.393 e. The van der Waals surface area contributed by atoms with E-state index in [-0.39, 0.29) is 6.10 Å². The summed E-state index contributed by atoms with van der Waals surface area (Å²) in [5, 5.41) is 9.47. The Bertz CT molecular complexity index is 304. The zero-order chi connectivity index (χ0) is 11.4. The van der Waals surface area contributed by atoms with Crippen molar-refractivity contribution in [3.05, 3.63) is 35.9 Å². The average molecular weight is 219 g/mol. The smallest absolute Gasteiger partial charge is 0.0564 e. The van der Waals surface area contributed by atoms with Crippen molar-refractivity contribution in [3.8, 4) is 0 Å². The Balaban J connectivity index is 1.86. The Morgan fingerprint density at radius 1 is 1.25 bits per heavy atom. The minimum absolute atomic E-state index is 0.0693. The Morgan fingerprint density at radius 3 is 2.50 bits per heavy atom. The highest BCUT2D eigenvalue weighted by atomic mass is 16.3. The van der Waals surface area contributed by atoms with Gasteiger partial charge in [-0.3, -0.25) is 0 Å². The van der Waals surface area contributed by atoms with Gasteiger partial charge in [0.05, 0.1) is 6.10 Å². The fraction of sp³-hybridized carbons (Fsp3) is 0.571. The second-order valence-electron chi connectivity index (χ2n) is 4.81. The summed E-state index contributed by atoms with van der Waals surface area (Å²) in [4.78, 5) is 2.49. The third-order valence-electron chi connectivity index (χ3n) is 3.50. The highest BCUT2D eigenvalue weighted by molar-refractivity contribution is 5.15. The van der Waals surface area contributed by atoms with Crippen LogP contribution < -0.4 is 0 Å². The third kappa shape index (κ3) is 3.06. The lowest BCUT2D eigenvalue weighted by atomic mass is 10.0. The van der Waals surface area contributed by atoms with Crippen LogP contribution in [-0.2, 0) is 6.42 Å². The zero-order valence-corrected chi connectivity index (χ0v) is 9.97. The van der Waals surface area contributed by atoms with Crippen molar-refractivity contribution in [3.63, 3.8) is 0 Å². The molecule has 0 unspecified atom stereocenters. The summed E-state index contributed by atoms with van der Waals surface area (Å²) in [7, 11) is 0. The van der Waals surface area contributed by atoms with Crippen LogP contribution in [0.15, 0.2) is 30.3 Å². The summed E-state index contributed by atoms with van der Waals surface area (Å²) in [6, 6.07) is 11.2. The normalized spacial score (nSPS) is 20.9. The predicted molar refractivity (Wildman–Crippen MR) is 66.4 cm³/mol. The highest BCUT2D eigenvalue weighted by Crippen LogP contribution is 2.15. The van der Waals surface area contributed by atoms with Crippen LogP contribution in [0.1, 0.15) is 25.3 Å². The van der Waals surface area contributed by atoms with Gasteiger partial charge in [-0.25, -0.2) is 0 Å². The summed E-state index contributed by atoms with van der Waals surface area (Å²) < 4.78 is 0. The van der Waals surface area contributed by atoms with Crippen LogP contribution in [0.25, 0.3) is 0 Å². The molecule has 1 N–H and O–H groups in total. The maximum absolute atomic E-state index is 9.47. The molecule has 0 amide bonds. The molecule has 0 aromatic heterocycles. The van der Waals surface area contributed by atoms with Gasteiger partial charge in [0.1, 0.15) is 0 Å². The van der Waals surface area contributed by atoms with Gasteiger partial charge in [0.15, 0.2) is 0 Å². The van der Waals surface area contributed by atoms with E-state index in [1.54, 1.807) is 0 Å². The number of hydrogen-bond donors (Lipinski definition) is 1. The van der Waals surface area contributed by atoms with Crippen molar-refractivity contribution in [2.24, 2.45) is 0 Å². The maximum atomic E-state index is 9.47. The molecule has 0 saturated carbocycles. The molecule has 0 radical (unpaired) electrons. The number of rotatable bonds is 3. The van der Waals surface area contributed by atoms with Crippen LogP contribution in [0.2, 0.25) is 0 Å². The van der Waals surface area contributed by atoms with E-state index in [0.717, 1.165) is 32.4 Å². The molecule has 1 heterocycles. The molecule has 0 bridgehead atoms. The van der Waals surface area contributed by atoms with Crippen LogP contribution >= 0.6 is 0 Å². The first-order chi connectivity index (χ1) is 7.75. The fourth-order valence-corrected chi connectivity index (χ4v) is 2.41. The Hall–Kier alpha value is -0.860. The zero-order valence-electron chi connectivity index (χ0n) is 9.97. The molecule has 1 aromatic carbocycles. The third-order valence-corrected chi connectivity index (χ3v) is 3.50. The SMILES string of the molecule is C[C@@H](Cc1ccccc1)N1CCC(O)CC1. The van der Waals surface area contributed by atoms with E-state index >= 15 is 0 Å². The predicted octanol–water partition coefficient (Wildman–Crippen LogP) is 2.07. The van der Waals surface area contributed by atoms with Crippen LogP contribution in [0.4, 0.5) is 0 Å². The van der Waals surface area contributed by atoms with Gasteiger partial charge in [-0.1, -0.05) is 30.3 Å². The van der Waals surface area contributed by atoms with Gasteiger partial charge in [-0.15, -0.1) is 0 Å². The lowest BCUT2D eigenvalue weighted by Crippen LogP contribution is -2.42. The van der Waals surface area contributed by atoms with E-state index in [0.29, 0.717) is 6.04 Å². The first-order valence-electron chi connectivity index (χ1n) is 6.22. The van der Waals surface area contributed by atoms with Crippen LogP contribution in [0.5, 0.6) is 0 Å². The van der Waals surface area contributed by atoms with Gasteiger partial charge >= 0.3 is 0 Å². The van der Waals surface area contributed by atoms with Gasteiger partial charge in [0.25, 0.3) is 0 Å². The standard InChI is InChI=1S/C14H21NO/c1-12(11-13-5-3-2-4-6-13)15-9-7-14(16)8-10-15/h2-6,12,14,16H,7-11H2,1H3/t12-/m0/s1. The number of aliphatic hydroxyl groups is 1. The van der Waals surface area contributed by atoms with Gasteiger partial charge in [0.2, 0.25) is 0 Å². The molecule has 2 rings (SSSR count). The summed E-state index contributed by atoms with van der Waals surface area (Å²) in [6.45, 7) is 4.36. The molecule has 1 saturated heterocycles. The number of nitrogens with zero attached hydrogens (tertiary/aromatic N) is 1. The van der Waals surface area contributed by atoms with Crippen molar-refractivity contribution in [2.45, 2.75) is 38.3 Å². The first-order valence-corrected chi connectivity index (χ1v) is 6.22. The first kappa shape index (κ1) is 11.6. The number of benzene rings is 1. The number of piperidine rings is 1. The lowest BCUT2D eigenvalue weighted by Gasteiger charge is -2.34. The summed E-state index contributed by atoms with van der Waals surface area (Å²) in [6.07, 6.45) is 2.90. The van der Waals surface area contributed by atoms with Crippen molar-refractivity contribution in [2.75, 3.05) is 13.1 Å². The van der Waals surface area contributed by atoms with E-state index in [9.17, 15) is 5.11 Å². The summed E-state index contributed by atoms with van der Waals surface area (Å²) in [5.41, 5.74) is 1.40. The second-order valence-corrected chi connectivity index (χ2v) is 4.81. The molecule has 88 valence electrons. The van der Waals surface area contributed by atoms with Crippen molar-refractivity contribution in [1.29, 1.82) is 0 Å². The molecule has 0 aliphatic carbocycles. The van der Waals surface area contributed by atoms with E-state index in [4.69, 9.17) is 0 Å². The molecule has 1 aromatic rings. The van der Waals surface area contributed by atoms with Crippen molar-refractivity contribution >= 4 is 0 Å². The molecule has 0 spiro atoms. The van der Waals surface area contributed by atoms with Gasteiger partial charge in [-0.2, -0.15) is 0 Å². The number of hydrogen-bond acceptors (Lipinski definition) is 2. The monoisotopic (exact) mass is 219 g/mol. The van der Waals surface area contributed by atoms with E-state index in [1.807, 2.05) is 0 Å². The quantitative estimate of drug-likeness (QED) is 0.841. The van der Waals surface area contributed by atoms with Gasteiger partial charge in [-0.05, 0) is 31.7 Å². The molecule has 1 aliphatic heterocycles. The number of likely N-dealkylation sites (tertiary alicyclic amines) is 1. The van der Waals surface area contributed by atoms with E-state index < -0.39 is 0 Å². The molecule has 2 nitrogen and oxygen atoms in total. The highest BCUT2D eigenvalue weighted by Gasteiger charge is 2.20. The van der Waals surface area contributed by atoms with Gasteiger partial charge < -0.3 is 10.0 Å². The second kappa shape index (κ2) is 5.46.